The summed E-state index contributed by atoms with van der Waals surface area (Å²) in [6.07, 6.45) is 19.2. The highest BCUT2D eigenvalue weighted by Gasteiger charge is 2.33. The van der Waals surface area contributed by atoms with Crippen LogP contribution in [0.15, 0.2) is 0 Å². The van der Waals surface area contributed by atoms with Crippen LogP contribution in [0.25, 0.3) is 0 Å². The highest BCUT2D eigenvalue weighted by Crippen LogP contribution is 2.20. The van der Waals surface area contributed by atoms with Crippen molar-refractivity contribution in [3.05, 3.63) is 0 Å². The second-order valence-corrected chi connectivity index (χ2v) is 10.3. The molecule has 182 valence electrons. The monoisotopic (exact) mass is 438 g/mol. The Bertz CT molecular complexity index is 488. The Morgan fingerprint density at radius 3 is 1.81 bits per heavy atom. The summed E-state index contributed by atoms with van der Waals surface area (Å²) in [5, 5.41) is 3.06. The Kier molecular flexibility index (Phi) is 14.7. The van der Waals surface area contributed by atoms with Gasteiger partial charge in [0.25, 0.3) is 0 Å². The van der Waals surface area contributed by atoms with Crippen molar-refractivity contribution in [3.63, 3.8) is 0 Å². The number of unbranched alkanes of at least 4 members (excludes halogenated alkanes) is 13. The highest BCUT2D eigenvalue weighted by atomic mass is 16.6. The smallest absolute Gasteiger partial charge is 0.410 e. The second kappa shape index (κ2) is 16.4. The number of nitrogens with zero attached hydrogens (tertiary/aromatic N) is 1. The van der Waals surface area contributed by atoms with Crippen molar-refractivity contribution in [2.45, 2.75) is 130 Å². The molecule has 1 N–H and O–H groups in total. The first-order valence-corrected chi connectivity index (χ1v) is 13.1. The van der Waals surface area contributed by atoms with E-state index in [0.29, 0.717) is 13.1 Å². The van der Waals surface area contributed by atoms with E-state index in [1.807, 2.05) is 20.8 Å². The Labute approximate surface area is 192 Å². The Hall–Kier alpha value is -1.26. The van der Waals surface area contributed by atoms with E-state index in [2.05, 4.69) is 12.2 Å². The van der Waals surface area contributed by atoms with Crippen LogP contribution in [0.2, 0.25) is 0 Å². The number of carbonyl (C=O) groups excluding carboxylic acids is 2. The molecule has 5 heteroatoms. The van der Waals surface area contributed by atoms with E-state index < -0.39 is 5.60 Å². The molecule has 0 aromatic heterocycles. The first-order valence-electron chi connectivity index (χ1n) is 13.1. The summed E-state index contributed by atoms with van der Waals surface area (Å²) < 4.78 is 5.40. The molecule has 0 aromatic rings. The number of ether oxygens (including phenoxy) is 1. The van der Waals surface area contributed by atoms with Gasteiger partial charge in [0, 0.05) is 19.6 Å². The SMILES string of the molecule is CCCCCCCCCCCCCCCCNC(=O)[C@@H]1CCN(C(=O)OC(C)(C)C)C1. The first kappa shape index (κ1) is 27.8. The maximum absolute atomic E-state index is 12.3. The van der Waals surface area contributed by atoms with Crippen LogP contribution in [0.1, 0.15) is 124 Å². The molecule has 31 heavy (non-hydrogen) atoms. The van der Waals surface area contributed by atoms with Crippen LogP contribution in [0.5, 0.6) is 0 Å². The fraction of sp³-hybridized carbons (Fsp3) is 0.923. The Morgan fingerprint density at radius 1 is 0.839 bits per heavy atom. The third-order valence-electron chi connectivity index (χ3n) is 6.04. The van der Waals surface area contributed by atoms with Gasteiger partial charge in [-0.2, -0.15) is 0 Å². The van der Waals surface area contributed by atoms with Crippen LogP contribution in [0.3, 0.4) is 0 Å². The van der Waals surface area contributed by atoms with Gasteiger partial charge in [0.05, 0.1) is 5.92 Å². The topological polar surface area (TPSA) is 58.6 Å². The van der Waals surface area contributed by atoms with Gasteiger partial charge in [-0.15, -0.1) is 0 Å². The molecular weight excluding hydrogens is 388 g/mol. The molecule has 1 rings (SSSR count). The minimum Gasteiger partial charge on any atom is -0.444 e. The van der Waals surface area contributed by atoms with Gasteiger partial charge in [0.2, 0.25) is 5.91 Å². The largest absolute Gasteiger partial charge is 0.444 e. The Balaban J connectivity index is 1.91. The van der Waals surface area contributed by atoms with Crippen LogP contribution >= 0.6 is 0 Å². The molecule has 0 saturated carbocycles. The minimum absolute atomic E-state index is 0.0840. The fourth-order valence-electron chi connectivity index (χ4n) is 4.14. The van der Waals surface area contributed by atoms with Crippen molar-refractivity contribution >= 4 is 12.0 Å². The Morgan fingerprint density at radius 2 is 1.32 bits per heavy atom. The molecule has 0 bridgehead atoms. The summed E-state index contributed by atoms with van der Waals surface area (Å²) >= 11 is 0. The maximum Gasteiger partial charge on any atom is 0.410 e. The minimum atomic E-state index is -0.495. The average molecular weight is 439 g/mol. The van der Waals surface area contributed by atoms with E-state index in [9.17, 15) is 9.59 Å². The summed E-state index contributed by atoms with van der Waals surface area (Å²) in [4.78, 5) is 26.1. The summed E-state index contributed by atoms with van der Waals surface area (Å²) in [6.45, 7) is 9.69. The van der Waals surface area contributed by atoms with E-state index in [-0.39, 0.29) is 17.9 Å². The van der Waals surface area contributed by atoms with Gasteiger partial charge in [-0.05, 0) is 33.6 Å². The summed E-state index contributed by atoms with van der Waals surface area (Å²) in [7, 11) is 0. The van der Waals surface area contributed by atoms with E-state index in [1.165, 1.54) is 83.5 Å². The standard InChI is InChI=1S/C26H50N2O3/c1-5-6-7-8-9-10-11-12-13-14-15-16-17-18-20-27-24(29)23-19-21-28(22-23)25(30)31-26(2,3)4/h23H,5-22H2,1-4H3,(H,27,29)/t23-/m1/s1. The third kappa shape index (κ3) is 14.4. The number of hydrogen-bond donors (Lipinski definition) is 1. The van der Waals surface area contributed by atoms with Crippen molar-refractivity contribution in [1.82, 2.24) is 10.2 Å². The van der Waals surface area contributed by atoms with Crippen molar-refractivity contribution < 1.29 is 14.3 Å². The maximum atomic E-state index is 12.3. The molecule has 0 radical (unpaired) electrons. The van der Waals surface area contributed by atoms with Crippen molar-refractivity contribution in [2.75, 3.05) is 19.6 Å². The van der Waals surface area contributed by atoms with Crippen LogP contribution in [0, 0.1) is 5.92 Å². The molecule has 1 aliphatic heterocycles. The number of carbonyl (C=O) groups is 2. The molecule has 0 unspecified atom stereocenters. The molecule has 0 aliphatic carbocycles. The third-order valence-corrected chi connectivity index (χ3v) is 6.04. The molecular formula is C26H50N2O3. The zero-order chi connectivity index (χ0) is 23.0. The fourth-order valence-corrected chi connectivity index (χ4v) is 4.14. The van der Waals surface area contributed by atoms with Crippen LogP contribution < -0.4 is 5.32 Å². The van der Waals surface area contributed by atoms with Crippen molar-refractivity contribution in [2.24, 2.45) is 5.92 Å². The van der Waals surface area contributed by atoms with Crippen LogP contribution in [-0.4, -0.2) is 42.1 Å². The van der Waals surface area contributed by atoms with Crippen LogP contribution in [-0.2, 0) is 9.53 Å². The zero-order valence-electron chi connectivity index (χ0n) is 21.0. The molecule has 5 nitrogen and oxygen atoms in total. The molecule has 1 aliphatic rings. The lowest BCUT2D eigenvalue weighted by Gasteiger charge is -2.24. The van der Waals surface area contributed by atoms with Gasteiger partial charge in [0.1, 0.15) is 5.60 Å². The van der Waals surface area contributed by atoms with Gasteiger partial charge in [-0.25, -0.2) is 4.79 Å². The number of rotatable bonds is 16. The van der Waals surface area contributed by atoms with Crippen molar-refractivity contribution in [3.8, 4) is 0 Å². The molecule has 1 fully saturated rings. The molecule has 1 heterocycles. The summed E-state index contributed by atoms with van der Waals surface area (Å²) in [5.41, 5.74) is -0.495. The average Bonchev–Trinajstić information content (AvgIpc) is 3.20. The predicted molar refractivity (Wildman–Crippen MR) is 129 cm³/mol. The molecule has 0 aromatic carbocycles. The summed E-state index contributed by atoms with van der Waals surface area (Å²) in [6, 6.07) is 0. The van der Waals surface area contributed by atoms with Gasteiger partial charge in [0.15, 0.2) is 0 Å². The van der Waals surface area contributed by atoms with Gasteiger partial charge < -0.3 is 15.0 Å². The number of nitrogens with one attached hydrogen (secondary N) is 1. The number of likely N-dealkylation sites (tertiary alicyclic amines) is 1. The van der Waals surface area contributed by atoms with Crippen LogP contribution in [0.4, 0.5) is 4.79 Å². The predicted octanol–water partition coefficient (Wildman–Crippen LogP) is 6.84. The number of amides is 2. The molecule has 1 saturated heterocycles. The molecule has 1 atom stereocenters. The second-order valence-electron chi connectivity index (χ2n) is 10.3. The van der Waals surface area contributed by atoms with Crippen molar-refractivity contribution in [1.29, 1.82) is 0 Å². The zero-order valence-corrected chi connectivity index (χ0v) is 21.0. The summed E-state index contributed by atoms with van der Waals surface area (Å²) in [5.74, 6) is -0.0140. The van der Waals surface area contributed by atoms with E-state index in [0.717, 1.165) is 19.4 Å². The highest BCUT2D eigenvalue weighted by molar-refractivity contribution is 5.80. The molecule has 0 spiro atoms. The normalized spacial score (nSPS) is 16.5. The quantitative estimate of drug-likeness (QED) is 0.268. The lowest BCUT2D eigenvalue weighted by atomic mass is 10.0. The van der Waals surface area contributed by atoms with Gasteiger partial charge in [-0.1, -0.05) is 90.4 Å². The molecule has 2 amide bonds. The van der Waals surface area contributed by atoms with E-state index in [4.69, 9.17) is 4.74 Å². The van der Waals surface area contributed by atoms with E-state index in [1.54, 1.807) is 4.90 Å². The van der Waals surface area contributed by atoms with E-state index >= 15 is 0 Å². The van der Waals surface area contributed by atoms with Gasteiger partial charge in [-0.3, -0.25) is 4.79 Å². The first-order chi connectivity index (χ1) is 14.8. The lowest BCUT2D eigenvalue weighted by Crippen LogP contribution is -2.37. The number of hydrogen-bond acceptors (Lipinski definition) is 3. The lowest BCUT2D eigenvalue weighted by molar-refractivity contribution is -0.124. The van der Waals surface area contributed by atoms with Gasteiger partial charge >= 0.3 is 6.09 Å².